The van der Waals surface area contributed by atoms with Crippen LogP contribution in [0.25, 0.3) is 0 Å². The topological polar surface area (TPSA) is 50.4 Å². The summed E-state index contributed by atoms with van der Waals surface area (Å²) in [7, 11) is 1.63. The number of alkyl halides is 3. The molecular weight excluding hydrogens is 303 g/mol. The van der Waals surface area contributed by atoms with Gasteiger partial charge >= 0.3 is 6.18 Å². The van der Waals surface area contributed by atoms with Crippen molar-refractivity contribution in [2.45, 2.75) is 33.4 Å². The average Bonchev–Trinajstić information content (AvgIpc) is 2.53. The molecule has 1 aromatic rings. The summed E-state index contributed by atoms with van der Waals surface area (Å²) in [6, 6.07) is 3.39. The van der Waals surface area contributed by atoms with Crippen molar-refractivity contribution in [1.29, 1.82) is 0 Å². The van der Waals surface area contributed by atoms with Gasteiger partial charge in [0.05, 0.1) is 16.9 Å². The maximum absolute atomic E-state index is 12.7. The average molecular weight is 327 g/mol. The molecule has 1 aromatic carbocycles. The number of rotatable bonds is 5. The largest absolute Gasteiger partial charge is 0.416 e. The first-order valence-corrected chi connectivity index (χ1v) is 7.43. The zero-order chi connectivity index (χ0) is 17.9. The van der Waals surface area contributed by atoms with Crippen LogP contribution < -0.4 is 11.1 Å². The molecule has 0 saturated carbocycles. The van der Waals surface area contributed by atoms with Crippen molar-refractivity contribution >= 4 is 17.6 Å². The van der Waals surface area contributed by atoms with E-state index in [1.54, 1.807) is 13.1 Å². The first-order valence-electron chi connectivity index (χ1n) is 7.43. The Hall–Kier alpha value is -2.24. The van der Waals surface area contributed by atoms with Gasteiger partial charge in [0.25, 0.3) is 0 Å². The van der Waals surface area contributed by atoms with Crippen LogP contribution in [0.2, 0.25) is 0 Å². The highest BCUT2D eigenvalue weighted by atomic mass is 19.4. The van der Waals surface area contributed by atoms with Crippen molar-refractivity contribution < 1.29 is 13.2 Å². The lowest BCUT2D eigenvalue weighted by atomic mass is 10.1. The minimum Gasteiger partial charge on any atom is -0.405 e. The molecule has 128 valence electrons. The molecule has 0 unspecified atom stereocenters. The van der Waals surface area contributed by atoms with E-state index in [0.717, 1.165) is 24.1 Å². The van der Waals surface area contributed by atoms with Crippen molar-refractivity contribution in [3.63, 3.8) is 0 Å². The standard InChI is InChI=1S/C15H18F3N3.C2H6/c1-3-4-11(7-8-19)10-21-14-9-12(15(16,17)18)5-6-13(14)20-2;1-2/h4-10,20H,3,19H2,1-2H3;1-2H3/b8-7-,11-4+,21-10?;. The van der Waals surface area contributed by atoms with Crippen molar-refractivity contribution in [3.8, 4) is 0 Å². The minimum atomic E-state index is -4.39. The number of aliphatic imine (C=N–C) groups is 1. The van der Waals surface area contributed by atoms with E-state index in [1.807, 2.05) is 26.8 Å². The van der Waals surface area contributed by atoms with Crippen LogP contribution in [0.3, 0.4) is 0 Å². The zero-order valence-corrected chi connectivity index (χ0v) is 13.9. The Morgan fingerprint density at radius 3 is 2.43 bits per heavy atom. The van der Waals surface area contributed by atoms with Gasteiger partial charge in [-0.3, -0.25) is 4.99 Å². The molecule has 0 amide bonds. The molecule has 0 bridgehead atoms. The summed E-state index contributed by atoms with van der Waals surface area (Å²) in [6.07, 6.45) is 2.74. The van der Waals surface area contributed by atoms with Gasteiger partial charge in [0.1, 0.15) is 0 Å². The first kappa shape index (κ1) is 20.8. The maximum atomic E-state index is 12.7. The smallest absolute Gasteiger partial charge is 0.405 e. The summed E-state index contributed by atoms with van der Waals surface area (Å²) < 4.78 is 38.2. The van der Waals surface area contributed by atoms with Crippen molar-refractivity contribution in [2.75, 3.05) is 12.4 Å². The number of benzene rings is 1. The second-order valence-corrected chi connectivity index (χ2v) is 4.21. The highest BCUT2D eigenvalue weighted by Gasteiger charge is 2.30. The molecule has 3 nitrogen and oxygen atoms in total. The van der Waals surface area contributed by atoms with Crippen LogP contribution in [0.1, 0.15) is 32.8 Å². The Morgan fingerprint density at radius 2 is 1.96 bits per heavy atom. The quantitative estimate of drug-likeness (QED) is 0.570. The van der Waals surface area contributed by atoms with E-state index in [-0.39, 0.29) is 5.69 Å². The molecular formula is C17H24F3N3. The molecule has 3 N–H and O–H groups in total. The van der Waals surface area contributed by atoms with Crippen LogP contribution in [-0.2, 0) is 6.18 Å². The fraction of sp³-hybridized carbons (Fsp3) is 0.353. The number of hydrogen-bond donors (Lipinski definition) is 2. The van der Waals surface area contributed by atoms with Crippen LogP contribution in [0, 0.1) is 0 Å². The summed E-state index contributed by atoms with van der Waals surface area (Å²) in [6.45, 7) is 5.95. The normalized spacial score (nSPS) is 12.4. The Balaban J connectivity index is 0.00000232. The van der Waals surface area contributed by atoms with E-state index in [2.05, 4.69) is 10.3 Å². The van der Waals surface area contributed by atoms with Gasteiger partial charge in [-0.05, 0) is 42.5 Å². The molecule has 0 atom stereocenters. The summed E-state index contributed by atoms with van der Waals surface area (Å²) >= 11 is 0. The van der Waals surface area contributed by atoms with Crippen LogP contribution in [0.5, 0.6) is 0 Å². The molecule has 0 spiro atoms. The third kappa shape index (κ3) is 7.04. The molecule has 1 rings (SSSR count). The van der Waals surface area contributed by atoms with Gasteiger partial charge < -0.3 is 11.1 Å². The van der Waals surface area contributed by atoms with Crippen molar-refractivity contribution in [1.82, 2.24) is 0 Å². The number of nitrogens with one attached hydrogen (secondary N) is 1. The van der Waals surface area contributed by atoms with E-state index in [1.165, 1.54) is 18.5 Å². The third-order valence-corrected chi connectivity index (χ3v) is 2.68. The second kappa shape index (κ2) is 10.5. The summed E-state index contributed by atoms with van der Waals surface area (Å²) in [5.41, 5.74) is 6.07. The summed E-state index contributed by atoms with van der Waals surface area (Å²) in [5.74, 6) is 0. The molecule has 6 heteroatoms. The predicted octanol–water partition coefficient (Wildman–Crippen LogP) is 5.28. The van der Waals surface area contributed by atoms with Gasteiger partial charge in [-0.1, -0.05) is 26.8 Å². The SMILES string of the molecule is CC.CC/C=C(C=Nc1cc(C(F)(F)F)ccc1NC)\C=C/N. The lowest BCUT2D eigenvalue weighted by Gasteiger charge is -2.10. The molecule has 0 fully saturated rings. The van der Waals surface area contributed by atoms with Crippen LogP contribution in [-0.4, -0.2) is 13.3 Å². The van der Waals surface area contributed by atoms with Gasteiger partial charge in [-0.2, -0.15) is 13.2 Å². The fourth-order valence-electron chi connectivity index (χ4n) is 1.68. The fourth-order valence-corrected chi connectivity index (χ4v) is 1.68. The van der Waals surface area contributed by atoms with Gasteiger partial charge in [0.15, 0.2) is 0 Å². The molecule has 0 aliphatic heterocycles. The number of allylic oxidation sites excluding steroid dienone is 3. The number of halogens is 3. The maximum Gasteiger partial charge on any atom is 0.416 e. The van der Waals surface area contributed by atoms with Gasteiger partial charge in [-0.15, -0.1) is 0 Å². The lowest BCUT2D eigenvalue weighted by Crippen LogP contribution is -2.04. The Bertz CT molecular complexity index is 559. The van der Waals surface area contributed by atoms with E-state index < -0.39 is 11.7 Å². The van der Waals surface area contributed by atoms with E-state index in [4.69, 9.17) is 5.73 Å². The van der Waals surface area contributed by atoms with Crippen LogP contribution >= 0.6 is 0 Å². The molecule has 0 aliphatic rings. The van der Waals surface area contributed by atoms with Crippen LogP contribution in [0.4, 0.5) is 24.5 Å². The second-order valence-electron chi connectivity index (χ2n) is 4.21. The van der Waals surface area contributed by atoms with E-state index >= 15 is 0 Å². The van der Waals surface area contributed by atoms with Gasteiger partial charge in [0, 0.05) is 13.3 Å². The zero-order valence-electron chi connectivity index (χ0n) is 13.9. The van der Waals surface area contributed by atoms with Gasteiger partial charge in [-0.25, -0.2) is 0 Å². The predicted molar refractivity (Wildman–Crippen MR) is 92.2 cm³/mol. The van der Waals surface area contributed by atoms with Crippen molar-refractivity contribution in [3.05, 3.63) is 47.7 Å². The van der Waals surface area contributed by atoms with E-state index in [0.29, 0.717) is 5.69 Å². The Kier molecular flexibility index (Phi) is 9.46. The molecule has 0 aliphatic carbocycles. The Morgan fingerprint density at radius 1 is 1.30 bits per heavy atom. The minimum absolute atomic E-state index is 0.222. The summed E-state index contributed by atoms with van der Waals surface area (Å²) in [4.78, 5) is 4.13. The monoisotopic (exact) mass is 327 g/mol. The Labute approximate surface area is 135 Å². The third-order valence-electron chi connectivity index (χ3n) is 2.68. The van der Waals surface area contributed by atoms with Gasteiger partial charge in [0.2, 0.25) is 0 Å². The van der Waals surface area contributed by atoms with E-state index in [9.17, 15) is 13.2 Å². The molecule has 23 heavy (non-hydrogen) atoms. The first-order chi connectivity index (χ1) is 10.9. The molecule has 0 saturated heterocycles. The highest BCUT2D eigenvalue weighted by Crippen LogP contribution is 2.35. The number of anilines is 1. The summed E-state index contributed by atoms with van der Waals surface area (Å²) in [5, 5.41) is 2.82. The number of nitrogens with two attached hydrogens (primary N) is 1. The van der Waals surface area contributed by atoms with Crippen LogP contribution in [0.15, 0.2) is 47.1 Å². The van der Waals surface area contributed by atoms with Crippen molar-refractivity contribution in [2.24, 2.45) is 10.7 Å². The molecule has 0 aromatic heterocycles. The molecule has 0 heterocycles. The number of nitrogens with zero attached hydrogens (tertiary/aromatic N) is 1. The number of hydrogen-bond acceptors (Lipinski definition) is 3. The molecule has 0 radical (unpaired) electrons. The highest BCUT2D eigenvalue weighted by molar-refractivity contribution is 5.86. The lowest BCUT2D eigenvalue weighted by molar-refractivity contribution is -0.137.